The molecule has 1 rings (SSSR count). The van der Waals surface area contributed by atoms with Crippen LogP contribution in [-0.4, -0.2) is 24.7 Å². The van der Waals surface area contributed by atoms with Crippen molar-refractivity contribution in [1.82, 2.24) is 0 Å². The van der Waals surface area contributed by atoms with E-state index in [0.29, 0.717) is 11.2 Å². The molecule has 0 aromatic carbocycles. The van der Waals surface area contributed by atoms with Crippen LogP contribution in [0.3, 0.4) is 0 Å². The van der Waals surface area contributed by atoms with Crippen LogP contribution in [0.2, 0.25) is 0 Å². The van der Waals surface area contributed by atoms with Crippen LogP contribution >= 0.6 is 15.9 Å². The minimum Gasteiger partial charge on any atom is -0.371 e. The molecule has 5 heteroatoms. The molecule has 1 saturated carbocycles. The Morgan fingerprint density at radius 3 is 2.21 bits per heavy atom. The topological polar surface area (TPSA) is 9.23 Å². The Morgan fingerprint density at radius 2 is 1.86 bits per heavy atom. The average molecular weight is 275 g/mol. The summed E-state index contributed by atoms with van der Waals surface area (Å²) in [6, 6.07) is 0. The highest BCUT2D eigenvalue weighted by Gasteiger charge is 2.41. The van der Waals surface area contributed by atoms with Crippen molar-refractivity contribution >= 4 is 15.9 Å². The molecule has 1 aliphatic rings. The molecule has 1 aliphatic carbocycles. The zero-order valence-corrected chi connectivity index (χ0v) is 9.62. The van der Waals surface area contributed by atoms with Crippen molar-refractivity contribution in [1.29, 1.82) is 0 Å². The summed E-state index contributed by atoms with van der Waals surface area (Å²) < 4.78 is 40.1. The van der Waals surface area contributed by atoms with Gasteiger partial charge in [0.25, 0.3) is 0 Å². The quantitative estimate of drug-likeness (QED) is 0.699. The van der Waals surface area contributed by atoms with Gasteiger partial charge in [-0.15, -0.1) is 0 Å². The van der Waals surface area contributed by atoms with E-state index in [1.54, 1.807) is 0 Å². The zero-order valence-electron chi connectivity index (χ0n) is 8.03. The van der Waals surface area contributed by atoms with E-state index in [0.717, 1.165) is 12.8 Å². The molecule has 0 aromatic rings. The number of alkyl halides is 4. The number of rotatable bonds is 5. The first kappa shape index (κ1) is 12.3. The van der Waals surface area contributed by atoms with E-state index < -0.39 is 12.8 Å². The van der Waals surface area contributed by atoms with Crippen molar-refractivity contribution in [2.45, 2.75) is 25.9 Å². The first-order valence-corrected chi connectivity index (χ1v) is 5.70. The Hall–Kier alpha value is 0.230. The molecule has 1 nitrogen and oxygen atoms in total. The second-order valence-corrected chi connectivity index (χ2v) is 4.73. The van der Waals surface area contributed by atoms with Crippen molar-refractivity contribution in [2.75, 3.05) is 18.5 Å². The first-order valence-electron chi connectivity index (χ1n) is 4.58. The van der Waals surface area contributed by atoms with Crippen molar-refractivity contribution < 1.29 is 17.9 Å². The third-order valence-electron chi connectivity index (χ3n) is 2.57. The highest BCUT2D eigenvalue weighted by atomic mass is 79.9. The second kappa shape index (κ2) is 4.39. The number of halogens is 4. The molecule has 0 aromatic heterocycles. The molecule has 0 N–H and O–H groups in total. The van der Waals surface area contributed by atoms with E-state index >= 15 is 0 Å². The maximum atomic E-state index is 11.8. The zero-order chi connectivity index (χ0) is 10.8. The van der Waals surface area contributed by atoms with E-state index in [4.69, 9.17) is 4.74 Å². The second-order valence-electron chi connectivity index (χ2n) is 4.17. The molecule has 0 radical (unpaired) electrons. The first-order chi connectivity index (χ1) is 6.37. The lowest BCUT2D eigenvalue weighted by Crippen LogP contribution is -2.30. The third kappa shape index (κ3) is 3.77. The van der Waals surface area contributed by atoms with Crippen LogP contribution in [0.4, 0.5) is 13.2 Å². The molecule has 0 saturated heterocycles. The van der Waals surface area contributed by atoms with Gasteiger partial charge >= 0.3 is 6.18 Å². The van der Waals surface area contributed by atoms with E-state index in [-0.39, 0.29) is 12.0 Å². The largest absolute Gasteiger partial charge is 0.411 e. The highest BCUT2D eigenvalue weighted by molar-refractivity contribution is 9.09. The summed E-state index contributed by atoms with van der Waals surface area (Å²) in [5.41, 5.74) is -0.134. The van der Waals surface area contributed by atoms with Crippen LogP contribution in [0.15, 0.2) is 0 Å². The molecule has 14 heavy (non-hydrogen) atoms. The molecular weight excluding hydrogens is 261 g/mol. The molecule has 1 unspecified atom stereocenters. The lowest BCUT2D eigenvalue weighted by molar-refractivity contribution is -0.180. The van der Waals surface area contributed by atoms with Gasteiger partial charge in [-0.05, 0) is 18.8 Å². The van der Waals surface area contributed by atoms with Crippen molar-refractivity contribution in [2.24, 2.45) is 11.3 Å². The van der Waals surface area contributed by atoms with Crippen LogP contribution < -0.4 is 0 Å². The van der Waals surface area contributed by atoms with Gasteiger partial charge < -0.3 is 4.74 Å². The van der Waals surface area contributed by atoms with Crippen LogP contribution in [-0.2, 0) is 4.74 Å². The molecule has 1 atom stereocenters. The maximum Gasteiger partial charge on any atom is 0.411 e. The van der Waals surface area contributed by atoms with Gasteiger partial charge in [-0.1, -0.05) is 22.9 Å². The van der Waals surface area contributed by atoms with Crippen LogP contribution in [0.1, 0.15) is 19.8 Å². The lowest BCUT2D eigenvalue weighted by Gasteiger charge is -2.27. The molecule has 0 heterocycles. The van der Waals surface area contributed by atoms with Gasteiger partial charge in [0, 0.05) is 10.7 Å². The molecule has 0 spiro atoms. The smallest absolute Gasteiger partial charge is 0.371 e. The van der Waals surface area contributed by atoms with E-state index in [2.05, 4.69) is 15.9 Å². The van der Waals surface area contributed by atoms with Gasteiger partial charge in [-0.2, -0.15) is 13.2 Å². The van der Waals surface area contributed by atoms with Gasteiger partial charge in [0.05, 0.1) is 6.61 Å². The lowest BCUT2D eigenvalue weighted by atomic mass is 9.88. The predicted octanol–water partition coefficient (Wildman–Crippen LogP) is 3.38. The van der Waals surface area contributed by atoms with Gasteiger partial charge in [0.15, 0.2) is 0 Å². The summed E-state index contributed by atoms with van der Waals surface area (Å²) >= 11 is 3.33. The summed E-state index contributed by atoms with van der Waals surface area (Å²) in [7, 11) is 0. The van der Waals surface area contributed by atoms with Crippen molar-refractivity contribution in [3.05, 3.63) is 0 Å². The van der Waals surface area contributed by atoms with Crippen molar-refractivity contribution in [3.63, 3.8) is 0 Å². The molecule has 84 valence electrons. The number of hydrogen-bond acceptors (Lipinski definition) is 1. The minimum absolute atomic E-state index is 0.134. The molecule has 0 bridgehead atoms. The predicted molar refractivity (Wildman–Crippen MR) is 51.5 cm³/mol. The van der Waals surface area contributed by atoms with E-state index in [9.17, 15) is 13.2 Å². The number of ether oxygens (including phenoxy) is 1. The Balaban J connectivity index is 2.27. The highest BCUT2D eigenvalue weighted by Crippen LogP contribution is 2.46. The van der Waals surface area contributed by atoms with Gasteiger partial charge in [-0.3, -0.25) is 0 Å². The molecule has 0 amide bonds. The summed E-state index contributed by atoms with van der Waals surface area (Å²) in [6.45, 7) is 1.01. The van der Waals surface area contributed by atoms with Crippen LogP contribution in [0.5, 0.6) is 0 Å². The van der Waals surface area contributed by atoms with Crippen LogP contribution in [0.25, 0.3) is 0 Å². The summed E-state index contributed by atoms with van der Waals surface area (Å²) in [6.07, 6.45) is -1.99. The van der Waals surface area contributed by atoms with E-state index in [1.165, 1.54) is 0 Å². The molecule has 0 aliphatic heterocycles. The fraction of sp³-hybridized carbons (Fsp3) is 1.00. The van der Waals surface area contributed by atoms with Gasteiger partial charge in [0.1, 0.15) is 6.61 Å². The average Bonchev–Trinajstić information content (AvgIpc) is 2.83. The Kier molecular flexibility index (Phi) is 3.86. The minimum atomic E-state index is -4.21. The fourth-order valence-electron chi connectivity index (χ4n) is 1.45. The Morgan fingerprint density at radius 1 is 1.29 bits per heavy atom. The summed E-state index contributed by atoms with van der Waals surface area (Å²) in [5, 5.41) is 0.697. The summed E-state index contributed by atoms with van der Waals surface area (Å²) in [5.74, 6) is 0.523. The van der Waals surface area contributed by atoms with E-state index in [1.807, 2.05) is 6.92 Å². The normalized spacial score (nSPS) is 22.1. The monoisotopic (exact) mass is 274 g/mol. The van der Waals surface area contributed by atoms with Gasteiger partial charge in [-0.25, -0.2) is 0 Å². The standard InChI is InChI=1S/C9H14BrF3O/c1-8(4-10,7-2-3-7)5-14-6-9(11,12)13/h7H,2-6H2,1H3. The summed E-state index contributed by atoms with van der Waals surface area (Å²) in [4.78, 5) is 0. The number of hydrogen-bond donors (Lipinski definition) is 0. The van der Waals surface area contributed by atoms with Gasteiger partial charge in [0.2, 0.25) is 0 Å². The van der Waals surface area contributed by atoms with Crippen molar-refractivity contribution in [3.8, 4) is 0 Å². The Bertz CT molecular complexity index is 191. The SMILES string of the molecule is CC(CBr)(COCC(F)(F)F)C1CC1. The molecule has 1 fully saturated rings. The maximum absolute atomic E-state index is 11.8. The van der Waals surface area contributed by atoms with Crippen LogP contribution in [0, 0.1) is 11.3 Å². The fourth-order valence-corrected chi connectivity index (χ4v) is 2.07. The third-order valence-corrected chi connectivity index (χ3v) is 3.85. The molecular formula is C9H14BrF3O. The Labute approximate surface area is 90.1 Å².